The summed E-state index contributed by atoms with van der Waals surface area (Å²) in [6.07, 6.45) is 10.6. The van der Waals surface area contributed by atoms with Crippen LogP contribution in [0.2, 0.25) is 0 Å². The second-order valence-electron chi connectivity index (χ2n) is 7.24. The largest absolute Gasteiger partial charge is 0.481 e. The Morgan fingerprint density at radius 3 is 2.32 bits per heavy atom. The summed E-state index contributed by atoms with van der Waals surface area (Å²) in [5.41, 5.74) is 0. The average Bonchev–Trinajstić information content (AvgIpc) is 2.82. The quantitative estimate of drug-likeness (QED) is 0.348. The van der Waals surface area contributed by atoms with Crippen LogP contribution in [-0.4, -0.2) is 39.3 Å². The number of rotatable bonds is 13. The number of unbranched alkanes of at least 4 members (excludes halogenated alkanes) is 5. The van der Waals surface area contributed by atoms with Gasteiger partial charge in [0.1, 0.15) is 0 Å². The molecule has 0 aliphatic heterocycles. The molecule has 0 spiro atoms. The number of hydrogen-bond acceptors (Lipinski definition) is 4. The standard InChI is InChI=1S/C20H34O5/c1-2-3-6-9-15(21)12-13-17-16(18(22)14-19(17)23)10-7-4-5-8-11-20(24)25/h12-13,16-19,22-23H,2-11,14H2,1H3,(H,24,25)/b13-12+/t16-,17-,18+,19-/m1/s1. The number of carbonyl (C=O) groups excluding carboxylic acids is 1. The van der Waals surface area contributed by atoms with Crippen LogP contribution < -0.4 is 0 Å². The monoisotopic (exact) mass is 354 g/mol. The summed E-state index contributed by atoms with van der Waals surface area (Å²) < 4.78 is 0. The van der Waals surface area contributed by atoms with Crippen LogP contribution in [0.25, 0.3) is 0 Å². The summed E-state index contributed by atoms with van der Waals surface area (Å²) in [5.74, 6) is -0.851. The highest BCUT2D eigenvalue weighted by atomic mass is 16.4. The first kappa shape index (κ1) is 21.8. The van der Waals surface area contributed by atoms with Crippen molar-refractivity contribution in [3.8, 4) is 0 Å². The molecule has 0 aromatic carbocycles. The van der Waals surface area contributed by atoms with E-state index in [-0.39, 0.29) is 24.0 Å². The van der Waals surface area contributed by atoms with Crippen LogP contribution in [-0.2, 0) is 9.59 Å². The second kappa shape index (κ2) is 12.2. The normalized spacial score (nSPS) is 26.4. The fraction of sp³-hybridized carbons (Fsp3) is 0.800. The Bertz CT molecular complexity index is 432. The third-order valence-electron chi connectivity index (χ3n) is 5.13. The van der Waals surface area contributed by atoms with Crippen molar-refractivity contribution >= 4 is 11.8 Å². The molecule has 0 amide bonds. The third kappa shape index (κ3) is 8.63. The van der Waals surface area contributed by atoms with E-state index < -0.39 is 18.2 Å². The topological polar surface area (TPSA) is 94.8 Å². The fourth-order valence-electron chi connectivity index (χ4n) is 3.64. The minimum atomic E-state index is -0.761. The van der Waals surface area contributed by atoms with Crippen LogP contribution in [0.3, 0.4) is 0 Å². The van der Waals surface area contributed by atoms with Crippen molar-refractivity contribution < 1.29 is 24.9 Å². The van der Waals surface area contributed by atoms with Crippen molar-refractivity contribution in [1.29, 1.82) is 0 Å². The predicted octanol–water partition coefficient (Wildman–Crippen LogP) is 3.48. The highest BCUT2D eigenvalue weighted by Gasteiger charge is 2.39. The van der Waals surface area contributed by atoms with Crippen LogP contribution >= 0.6 is 0 Å². The third-order valence-corrected chi connectivity index (χ3v) is 5.13. The Balaban J connectivity index is 2.39. The predicted molar refractivity (Wildman–Crippen MR) is 97.2 cm³/mol. The van der Waals surface area contributed by atoms with E-state index in [0.717, 1.165) is 44.9 Å². The van der Waals surface area contributed by atoms with Gasteiger partial charge in [0.05, 0.1) is 12.2 Å². The van der Waals surface area contributed by atoms with Gasteiger partial charge in [0.25, 0.3) is 0 Å². The van der Waals surface area contributed by atoms with Crippen LogP contribution in [0, 0.1) is 11.8 Å². The van der Waals surface area contributed by atoms with Gasteiger partial charge in [0.2, 0.25) is 0 Å². The number of aliphatic carboxylic acids is 1. The van der Waals surface area contributed by atoms with Crippen LogP contribution in [0.15, 0.2) is 12.2 Å². The Kier molecular flexibility index (Phi) is 10.7. The van der Waals surface area contributed by atoms with E-state index in [1.807, 2.05) is 0 Å². The van der Waals surface area contributed by atoms with Crippen molar-refractivity contribution in [2.45, 2.75) is 89.8 Å². The number of aliphatic hydroxyl groups excluding tert-OH is 2. The molecule has 1 rings (SSSR count). The maximum Gasteiger partial charge on any atom is 0.303 e. The zero-order valence-corrected chi connectivity index (χ0v) is 15.4. The van der Waals surface area contributed by atoms with E-state index in [9.17, 15) is 19.8 Å². The number of carbonyl (C=O) groups is 2. The van der Waals surface area contributed by atoms with E-state index in [4.69, 9.17) is 5.11 Å². The molecule has 144 valence electrons. The summed E-state index contributed by atoms with van der Waals surface area (Å²) in [5, 5.41) is 29.0. The molecule has 0 radical (unpaired) electrons. The molecular formula is C20H34O5. The molecule has 3 N–H and O–H groups in total. The number of allylic oxidation sites excluding steroid dienone is 1. The summed E-state index contributed by atoms with van der Waals surface area (Å²) >= 11 is 0. The minimum absolute atomic E-state index is 0.0193. The lowest BCUT2D eigenvalue weighted by atomic mass is 9.88. The molecule has 5 heteroatoms. The Hall–Kier alpha value is -1.20. The highest BCUT2D eigenvalue weighted by molar-refractivity contribution is 5.89. The SMILES string of the molecule is CCCCCC(=O)/C=C/[C@@H]1[C@@H](CCCCCCC(=O)O)[C@@H](O)C[C@H]1O. The lowest BCUT2D eigenvalue weighted by molar-refractivity contribution is -0.137. The maximum atomic E-state index is 11.9. The van der Waals surface area contributed by atoms with E-state index in [2.05, 4.69) is 6.92 Å². The Morgan fingerprint density at radius 1 is 0.960 bits per heavy atom. The Labute approximate surface area is 151 Å². The van der Waals surface area contributed by atoms with Gasteiger partial charge in [-0.1, -0.05) is 45.1 Å². The summed E-state index contributed by atoms with van der Waals surface area (Å²) in [6, 6.07) is 0. The maximum absolute atomic E-state index is 11.9. The van der Waals surface area contributed by atoms with Gasteiger partial charge in [-0.05, 0) is 31.3 Å². The summed E-state index contributed by atoms with van der Waals surface area (Å²) in [6.45, 7) is 2.10. The zero-order valence-electron chi connectivity index (χ0n) is 15.4. The van der Waals surface area contributed by atoms with Crippen LogP contribution in [0.1, 0.15) is 77.6 Å². The molecule has 5 nitrogen and oxygen atoms in total. The Morgan fingerprint density at radius 2 is 1.64 bits per heavy atom. The second-order valence-corrected chi connectivity index (χ2v) is 7.24. The van der Waals surface area contributed by atoms with Crippen LogP contribution in [0.4, 0.5) is 0 Å². The van der Waals surface area contributed by atoms with Gasteiger partial charge in [-0.3, -0.25) is 9.59 Å². The molecule has 1 fully saturated rings. The van der Waals surface area contributed by atoms with Gasteiger partial charge < -0.3 is 15.3 Å². The molecule has 1 aliphatic rings. The molecule has 4 atom stereocenters. The van der Waals surface area contributed by atoms with E-state index in [1.54, 1.807) is 12.2 Å². The molecule has 0 aromatic rings. The van der Waals surface area contributed by atoms with Gasteiger partial charge in [0, 0.05) is 25.2 Å². The summed E-state index contributed by atoms with van der Waals surface area (Å²) in [7, 11) is 0. The zero-order chi connectivity index (χ0) is 18.7. The van der Waals surface area contributed by atoms with Crippen molar-refractivity contribution in [1.82, 2.24) is 0 Å². The van der Waals surface area contributed by atoms with Crippen molar-refractivity contribution in [3.63, 3.8) is 0 Å². The lowest BCUT2D eigenvalue weighted by Crippen LogP contribution is -2.20. The van der Waals surface area contributed by atoms with Gasteiger partial charge in [-0.15, -0.1) is 0 Å². The van der Waals surface area contributed by atoms with Gasteiger partial charge in [-0.25, -0.2) is 0 Å². The van der Waals surface area contributed by atoms with E-state index >= 15 is 0 Å². The molecule has 0 bridgehead atoms. The van der Waals surface area contributed by atoms with Crippen molar-refractivity contribution in [2.75, 3.05) is 0 Å². The first-order valence-electron chi connectivity index (χ1n) is 9.74. The van der Waals surface area contributed by atoms with Gasteiger partial charge >= 0.3 is 5.97 Å². The van der Waals surface area contributed by atoms with Crippen molar-refractivity contribution in [2.24, 2.45) is 11.8 Å². The number of ketones is 1. The van der Waals surface area contributed by atoms with Crippen molar-refractivity contribution in [3.05, 3.63) is 12.2 Å². The highest BCUT2D eigenvalue weighted by Crippen LogP contribution is 2.37. The van der Waals surface area contributed by atoms with E-state index in [0.29, 0.717) is 19.3 Å². The smallest absolute Gasteiger partial charge is 0.303 e. The molecule has 0 heterocycles. The van der Waals surface area contributed by atoms with Gasteiger partial charge in [-0.2, -0.15) is 0 Å². The molecule has 1 saturated carbocycles. The molecule has 0 aromatic heterocycles. The average molecular weight is 354 g/mol. The number of hydrogen-bond donors (Lipinski definition) is 3. The number of carboxylic acids is 1. The number of carboxylic acid groups (broad SMARTS) is 1. The number of aliphatic hydroxyl groups is 2. The molecular weight excluding hydrogens is 320 g/mol. The molecule has 25 heavy (non-hydrogen) atoms. The minimum Gasteiger partial charge on any atom is -0.481 e. The van der Waals surface area contributed by atoms with Crippen LogP contribution in [0.5, 0.6) is 0 Å². The molecule has 0 saturated heterocycles. The molecule has 0 unspecified atom stereocenters. The molecule has 1 aliphatic carbocycles. The van der Waals surface area contributed by atoms with Gasteiger partial charge in [0.15, 0.2) is 5.78 Å². The summed E-state index contributed by atoms with van der Waals surface area (Å²) in [4.78, 5) is 22.4. The first-order chi connectivity index (χ1) is 12.0. The fourth-order valence-corrected chi connectivity index (χ4v) is 3.64. The first-order valence-corrected chi connectivity index (χ1v) is 9.74. The van der Waals surface area contributed by atoms with E-state index in [1.165, 1.54) is 0 Å². The lowest BCUT2D eigenvalue weighted by Gasteiger charge is -2.20.